The van der Waals surface area contributed by atoms with Gasteiger partial charge in [0.15, 0.2) is 0 Å². The second-order valence-electron chi connectivity index (χ2n) is 5.86. The molecule has 1 N–H and O–H groups in total. The maximum absolute atomic E-state index is 6.11. The maximum atomic E-state index is 6.11. The molecule has 0 spiro atoms. The lowest BCUT2D eigenvalue weighted by molar-refractivity contribution is 0.462. The largest absolute Gasteiger partial charge is 0.367 e. The smallest absolute Gasteiger partial charge is 0.225 e. The highest BCUT2D eigenvalue weighted by atomic mass is 35.5. The molecule has 2 aromatic rings. The molecule has 1 saturated carbocycles. The minimum Gasteiger partial charge on any atom is -0.367 e. The van der Waals surface area contributed by atoms with Crippen molar-refractivity contribution in [2.45, 2.75) is 57.4 Å². The Balaban J connectivity index is 1.76. The first-order chi connectivity index (χ1) is 9.81. The van der Waals surface area contributed by atoms with Crippen LogP contribution in [0.3, 0.4) is 0 Å². The third-order valence-electron chi connectivity index (χ3n) is 4.48. The van der Waals surface area contributed by atoms with Crippen LogP contribution < -0.4 is 5.32 Å². The molecule has 1 fully saturated rings. The second-order valence-corrected chi connectivity index (χ2v) is 7.28. The Morgan fingerprint density at radius 2 is 1.90 bits per heavy atom. The quantitative estimate of drug-likeness (QED) is 0.825. The van der Waals surface area contributed by atoms with Crippen LogP contribution in [0.4, 0.5) is 5.82 Å². The van der Waals surface area contributed by atoms with Crippen molar-refractivity contribution in [1.82, 2.24) is 9.97 Å². The number of rotatable bonds is 2. The normalized spacial score (nSPS) is 19.4. The minimum atomic E-state index is 0.371. The van der Waals surface area contributed by atoms with E-state index in [0.29, 0.717) is 11.3 Å². The van der Waals surface area contributed by atoms with E-state index in [0.717, 1.165) is 10.6 Å². The maximum Gasteiger partial charge on any atom is 0.225 e. The summed E-state index contributed by atoms with van der Waals surface area (Å²) in [6.07, 6.45) is 10.1. The molecule has 0 unspecified atom stereocenters. The topological polar surface area (TPSA) is 37.8 Å². The van der Waals surface area contributed by atoms with E-state index in [1.165, 1.54) is 67.2 Å². The second kappa shape index (κ2) is 5.15. The number of thiophene rings is 1. The zero-order chi connectivity index (χ0) is 13.5. The van der Waals surface area contributed by atoms with E-state index in [2.05, 4.69) is 15.3 Å². The van der Waals surface area contributed by atoms with E-state index in [4.69, 9.17) is 11.6 Å². The fourth-order valence-corrected chi connectivity index (χ4v) is 4.99. The van der Waals surface area contributed by atoms with Gasteiger partial charge >= 0.3 is 0 Å². The number of aryl methyl sites for hydroxylation is 2. The average Bonchev–Trinajstić information content (AvgIpc) is 2.99. The molecule has 106 valence electrons. The van der Waals surface area contributed by atoms with Gasteiger partial charge in [0.25, 0.3) is 0 Å². The molecule has 0 atom stereocenters. The molecule has 5 heteroatoms. The molecule has 3 nitrogen and oxygen atoms in total. The molecule has 2 aliphatic rings. The molecule has 2 aliphatic carbocycles. The predicted octanol–water partition coefficient (Wildman–Crippen LogP) is 4.58. The fraction of sp³-hybridized carbons (Fsp3) is 0.600. The van der Waals surface area contributed by atoms with Crippen molar-refractivity contribution in [3.05, 3.63) is 15.7 Å². The van der Waals surface area contributed by atoms with E-state index < -0.39 is 0 Å². The van der Waals surface area contributed by atoms with Crippen molar-refractivity contribution in [2.24, 2.45) is 0 Å². The average molecular weight is 308 g/mol. The van der Waals surface area contributed by atoms with Gasteiger partial charge in [0, 0.05) is 10.9 Å². The van der Waals surface area contributed by atoms with Crippen LogP contribution in [0, 0.1) is 0 Å². The highest BCUT2D eigenvalue weighted by Crippen LogP contribution is 2.40. The lowest BCUT2D eigenvalue weighted by Crippen LogP contribution is -2.23. The van der Waals surface area contributed by atoms with Crippen molar-refractivity contribution >= 4 is 39.0 Å². The van der Waals surface area contributed by atoms with Crippen LogP contribution in [0.5, 0.6) is 0 Å². The van der Waals surface area contributed by atoms with Gasteiger partial charge < -0.3 is 5.32 Å². The number of nitrogens with one attached hydrogen (secondary N) is 1. The molecule has 20 heavy (non-hydrogen) atoms. The molecule has 2 aromatic heterocycles. The van der Waals surface area contributed by atoms with E-state index in [1.807, 2.05) is 0 Å². The van der Waals surface area contributed by atoms with Crippen molar-refractivity contribution in [3.8, 4) is 0 Å². The van der Waals surface area contributed by atoms with Crippen LogP contribution in [-0.2, 0) is 12.8 Å². The van der Waals surface area contributed by atoms with E-state index in [-0.39, 0.29) is 0 Å². The molecular weight excluding hydrogens is 290 g/mol. The summed E-state index contributed by atoms with van der Waals surface area (Å²) in [5.74, 6) is 0.978. The van der Waals surface area contributed by atoms with Gasteiger partial charge in [-0.3, -0.25) is 0 Å². The minimum absolute atomic E-state index is 0.371. The van der Waals surface area contributed by atoms with Gasteiger partial charge in [0.2, 0.25) is 5.28 Å². The molecule has 4 rings (SSSR count). The third-order valence-corrected chi connectivity index (χ3v) is 5.84. The van der Waals surface area contributed by atoms with Crippen LogP contribution in [0.15, 0.2) is 0 Å². The number of hydrogen-bond donors (Lipinski definition) is 1. The zero-order valence-corrected chi connectivity index (χ0v) is 13.0. The van der Waals surface area contributed by atoms with E-state index in [1.54, 1.807) is 11.3 Å². The number of anilines is 1. The van der Waals surface area contributed by atoms with E-state index in [9.17, 15) is 0 Å². The van der Waals surface area contributed by atoms with E-state index >= 15 is 0 Å². The van der Waals surface area contributed by atoms with Crippen LogP contribution >= 0.6 is 22.9 Å². The van der Waals surface area contributed by atoms with Crippen molar-refractivity contribution in [2.75, 3.05) is 5.32 Å². The summed E-state index contributed by atoms with van der Waals surface area (Å²) in [5.41, 5.74) is 1.47. The molecule has 2 heterocycles. The lowest BCUT2D eigenvalue weighted by atomic mass is 9.95. The number of fused-ring (bicyclic) bond motifs is 3. The first-order valence-corrected chi connectivity index (χ1v) is 8.75. The first-order valence-electron chi connectivity index (χ1n) is 7.55. The summed E-state index contributed by atoms with van der Waals surface area (Å²) in [7, 11) is 0. The Morgan fingerprint density at radius 1 is 1.05 bits per heavy atom. The van der Waals surface area contributed by atoms with Gasteiger partial charge in [0.05, 0.1) is 5.39 Å². The molecule has 0 saturated heterocycles. The summed E-state index contributed by atoms with van der Waals surface area (Å²) in [5, 5.41) is 5.27. The number of nitrogens with zero attached hydrogens (tertiary/aromatic N) is 2. The molecule has 0 radical (unpaired) electrons. The van der Waals surface area contributed by atoms with Crippen molar-refractivity contribution < 1.29 is 0 Å². The standard InChI is InChI=1S/C15H18ClN3S/c16-15-18-13(17-9-5-2-1-3-6-9)12-10-7-4-8-11(10)20-14(12)19-15/h9H,1-8H2,(H,17,18,19). The molecule has 0 amide bonds. The highest BCUT2D eigenvalue weighted by molar-refractivity contribution is 7.19. The number of hydrogen-bond acceptors (Lipinski definition) is 4. The van der Waals surface area contributed by atoms with Gasteiger partial charge in [-0.2, -0.15) is 0 Å². The summed E-state index contributed by atoms with van der Waals surface area (Å²) in [4.78, 5) is 11.5. The molecule has 0 aromatic carbocycles. The Labute approximate surface area is 127 Å². The molecular formula is C15H18ClN3S. The van der Waals surface area contributed by atoms with Crippen molar-refractivity contribution in [3.63, 3.8) is 0 Å². The van der Waals surface area contributed by atoms with Gasteiger partial charge in [0.1, 0.15) is 10.6 Å². The molecule has 0 bridgehead atoms. The first kappa shape index (κ1) is 12.8. The molecule has 0 aliphatic heterocycles. The monoisotopic (exact) mass is 307 g/mol. The van der Waals surface area contributed by atoms with Gasteiger partial charge in [-0.05, 0) is 49.3 Å². The summed E-state index contributed by atoms with van der Waals surface area (Å²) in [6.45, 7) is 0. The Bertz CT molecular complexity index is 646. The van der Waals surface area contributed by atoms with Crippen molar-refractivity contribution in [1.29, 1.82) is 0 Å². The Morgan fingerprint density at radius 3 is 2.75 bits per heavy atom. The summed E-state index contributed by atoms with van der Waals surface area (Å²) in [6, 6.07) is 0.551. The fourth-order valence-electron chi connectivity index (χ4n) is 3.51. The van der Waals surface area contributed by atoms with Gasteiger partial charge in [-0.25, -0.2) is 9.97 Å². The SMILES string of the molecule is Clc1nc(NC2CCCCC2)c2c3c(sc2n1)CCC3. The zero-order valence-electron chi connectivity index (χ0n) is 11.4. The number of aromatic nitrogens is 2. The Kier molecular flexibility index (Phi) is 3.31. The van der Waals surface area contributed by atoms with Crippen LogP contribution in [0.2, 0.25) is 5.28 Å². The lowest BCUT2D eigenvalue weighted by Gasteiger charge is -2.23. The van der Waals surface area contributed by atoms with Crippen LogP contribution in [0.1, 0.15) is 49.0 Å². The predicted molar refractivity (Wildman–Crippen MR) is 84.9 cm³/mol. The van der Waals surface area contributed by atoms with Crippen LogP contribution in [0.25, 0.3) is 10.2 Å². The summed E-state index contributed by atoms with van der Waals surface area (Å²) >= 11 is 7.91. The number of halogens is 1. The highest BCUT2D eigenvalue weighted by Gasteiger charge is 2.23. The third kappa shape index (κ3) is 2.19. The van der Waals surface area contributed by atoms with Crippen LogP contribution in [-0.4, -0.2) is 16.0 Å². The Hall–Kier alpha value is -0.870. The van der Waals surface area contributed by atoms with Gasteiger partial charge in [-0.1, -0.05) is 19.3 Å². The van der Waals surface area contributed by atoms with Gasteiger partial charge in [-0.15, -0.1) is 11.3 Å². The summed E-state index contributed by atoms with van der Waals surface area (Å²) < 4.78 is 0.